The zero-order chi connectivity index (χ0) is 34.2. The van der Waals surface area contributed by atoms with Crippen LogP contribution in [0.25, 0.3) is 22.0 Å². The van der Waals surface area contributed by atoms with Gasteiger partial charge in [-0.1, -0.05) is 61.5 Å². The summed E-state index contributed by atoms with van der Waals surface area (Å²) in [7, 11) is -3.80. The van der Waals surface area contributed by atoms with E-state index in [9.17, 15) is 22.8 Å². The van der Waals surface area contributed by atoms with Crippen LogP contribution in [-0.2, 0) is 29.1 Å². The number of sulfonamides is 1. The molecule has 2 heterocycles. The Bertz CT molecular complexity index is 1830. The summed E-state index contributed by atoms with van der Waals surface area (Å²) in [5.41, 5.74) is 0.442. The van der Waals surface area contributed by atoms with Crippen molar-refractivity contribution in [2.24, 2.45) is 17.3 Å². The number of amides is 2. The molecule has 3 fully saturated rings. The average molecular weight is 674 g/mol. The average Bonchev–Trinajstić information content (AvgIpc) is 4.01. The molecular weight excluding hydrogens is 630 g/mol. The lowest BCUT2D eigenvalue weighted by Crippen LogP contribution is -2.47. The highest BCUT2D eigenvalue weighted by molar-refractivity contribution is 7.90. The second kappa shape index (κ2) is 13.4. The fraction of sp³-hybridized carbons (Fsp3) is 0.459. The number of fused-ring (bicyclic) bond motifs is 1. The zero-order valence-corrected chi connectivity index (χ0v) is 28.4. The van der Waals surface area contributed by atoms with E-state index >= 15 is 0 Å². The van der Waals surface area contributed by atoms with Crippen molar-refractivity contribution in [1.29, 1.82) is 0 Å². The van der Waals surface area contributed by atoms with Crippen LogP contribution in [0, 0.1) is 17.3 Å². The summed E-state index contributed by atoms with van der Waals surface area (Å²) < 4.78 is 39.8. The van der Waals surface area contributed by atoms with E-state index in [-0.39, 0.29) is 43.1 Å². The van der Waals surface area contributed by atoms with Crippen molar-refractivity contribution in [2.45, 2.75) is 76.4 Å². The molecule has 3 aliphatic rings. The van der Waals surface area contributed by atoms with Gasteiger partial charge in [0.2, 0.25) is 27.7 Å². The second-order valence-electron chi connectivity index (χ2n) is 13.4. The molecule has 6 atom stereocenters. The smallest absolute Gasteiger partial charge is 0.240 e. The predicted molar refractivity (Wildman–Crippen MR) is 182 cm³/mol. The molecule has 1 N–H and O–H groups in total. The van der Waals surface area contributed by atoms with E-state index in [1.54, 1.807) is 17.9 Å². The van der Waals surface area contributed by atoms with Gasteiger partial charge in [-0.15, -0.1) is 6.58 Å². The minimum Gasteiger partial charge on any atom is -0.472 e. The molecule has 0 radical (unpaired) electrons. The minimum atomic E-state index is -3.80. The Morgan fingerprint density at radius 3 is 2.48 bits per heavy atom. The number of nitrogens with one attached hydrogen (secondary N) is 1. The maximum absolute atomic E-state index is 14.2. The SMILES string of the molecule is C=C[C@@H]1C[C@]1(CC(=O)[C@@H]1CC(Oc2nc(-c3ccccc3)cc3ccccc23)CN1C(=O)[C@@H](C)[C@H](C)OCC)C(=O)NS(=O)(=O)C1CC1. The maximum Gasteiger partial charge on any atom is 0.240 e. The lowest BCUT2D eigenvalue weighted by Gasteiger charge is -2.29. The summed E-state index contributed by atoms with van der Waals surface area (Å²) in [5, 5.41) is 1.18. The monoisotopic (exact) mass is 673 g/mol. The number of ketones is 1. The summed E-state index contributed by atoms with van der Waals surface area (Å²) in [4.78, 5) is 48.0. The number of aromatic nitrogens is 1. The van der Waals surface area contributed by atoms with Crippen LogP contribution >= 0.6 is 0 Å². The first kappa shape index (κ1) is 33.8. The number of allylic oxidation sites excluding steroid dienone is 1. The first-order valence-electron chi connectivity index (χ1n) is 16.7. The van der Waals surface area contributed by atoms with Gasteiger partial charge in [-0.2, -0.15) is 0 Å². The number of nitrogens with zero attached hydrogens (tertiary/aromatic N) is 2. The molecule has 0 bridgehead atoms. The Balaban J connectivity index is 1.28. The van der Waals surface area contributed by atoms with Crippen LogP contribution in [-0.4, -0.2) is 72.6 Å². The Kier molecular flexibility index (Phi) is 9.46. The van der Waals surface area contributed by atoms with Crippen molar-refractivity contribution in [1.82, 2.24) is 14.6 Å². The van der Waals surface area contributed by atoms with Gasteiger partial charge in [0.1, 0.15) is 6.10 Å². The van der Waals surface area contributed by atoms with E-state index in [4.69, 9.17) is 14.5 Å². The lowest BCUT2D eigenvalue weighted by molar-refractivity contribution is -0.145. The van der Waals surface area contributed by atoms with Crippen LogP contribution < -0.4 is 9.46 Å². The molecule has 3 aromatic rings. The Hall–Kier alpha value is -4.09. The molecule has 0 spiro atoms. The summed E-state index contributed by atoms with van der Waals surface area (Å²) in [6, 6.07) is 18.7. The molecule has 2 aliphatic carbocycles. The van der Waals surface area contributed by atoms with Gasteiger partial charge in [0.25, 0.3) is 0 Å². The molecule has 48 heavy (non-hydrogen) atoms. The van der Waals surface area contributed by atoms with Gasteiger partial charge in [-0.25, -0.2) is 13.4 Å². The van der Waals surface area contributed by atoms with Gasteiger partial charge in [0.15, 0.2) is 5.78 Å². The van der Waals surface area contributed by atoms with Gasteiger partial charge in [0.05, 0.1) is 41.0 Å². The van der Waals surface area contributed by atoms with Crippen LogP contribution in [0.5, 0.6) is 5.88 Å². The van der Waals surface area contributed by atoms with Gasteiger partial charge >= 0.3 is 0 Å². The third-order valence-corrected chi connectivity index (χ3v) is 11.9. The molecule has 1 saturated heterocycles. The van der Waals surface area contributed by atoms with Crippen molar-refractivity contribution in [2.75, 3.05) is 13.2 Å². The molecule has 1 aliphatic heterocycles. The van der Waals surface area contributed by atoms with Crippen molar-refractivity contribution >= 4 is 38.4 Å². The number of rotatable bonds is 14. The number of likely N-dealkylation sites (tertiary alicyclic amines) is 1. The largest absolute Gasteiger partial charge is 0.472 e. The first-order valence-corrected chi connectivity index (χ1v) is 18.3. The number of hydrogen-bond donors (Lipinski definition) is 1. The molecule has 2 amide bonds. The van der Waals surface area contributed by atoms with Crippen LogP contribution in [0.1, 0.15) is 52.9 Å². The fourth-order valence-corrected chi connectivity index (χ4v) is 8.17. The lowest BCUT2D eigenvalue weighted by atomic mass is 9.91. The molecule has 254 valence electrons. The van der Waals surface area contributed by atoms with Crippen LogP contribution in [0.15, 0.2) is 73.3 Å². The molecule has 6 rings (SSSR count). The van der Waals surface area contributed by atoms with Gasteiger partial charge < -0.3 is 14.4 Å². The molecule has 2 aromatic carbocycles. The van der Waals surface area contributed by atoms with Crippen molar-refractivity contribution in [3.8, 4) is 17.1 Å². The second-order valence-corrected chi connectivity index (χ2v) is 15.3. The Morgan fingerprint density at radius 1 is 1.10 bits per heavy atom. The molecule has 10 nitrogen and oxygen atoms in total. The predicted octanol–water partition coefficient (Wildman–Crippen LogP) is 5.07. The highest BCUT2D eigenvalue weighted by Gasteiger charge is 2.61. The molecule has 1 unspecified atom stereocenters. The summed E-state index contributed by atoms with van der Waals surface area (Å²) in [6.45, 7) is 9.87. The van der Waals surface area contributed by atoms with E-state index in [0.29, 0.717) is 31.7 Å². The topological polar surface area (TPSA) is 132 Å². The Labute approximate surface area is 281 Å². The Morgan fingerprint density at radius 2 is 1.81 bits per heavy atom. The van der Waals surface area contributed by atoms with E-state index in [2.05, 4.69) is 11.3 Å². The normalized spacial score (nSPS) is 24.9. The van der Waals surface area contributed by atoms with Gasteiger partial charge in [-0.05, 0) is 56.5 Å². The number of hydrogen-bond acceptors (Lipinski definition) is 8. The van der Waals surface area contributed by atoms with Gasteiger partial charge in [-0.3, -0.25) is 19.1 Å². The number of pyridine rings is 1. The number of carbonyl (C=O) groups is 3. The minimum absolute atomic E-state index is 0.143. The van der Waals surface area contributed by atoms with Crippen LogP contribution in [0.3, 0.4) is 0 Å². The van der Waals surface area contributed by atoms with Crippen molar-refractivity contribution in [3.05, 3.63) is 73.3 Å². The van der Waals surface area contributed by atoms with E-state index in [0.717, 1.165) is 22.0 Å². The van der Waals surface area contributed by atoms with Gasteiger partial charge in [0, 0.05) is 30.4 Å². The number of carbonyl (C=O) groups excluding carboxylic acids is 3. The summed E-state index contributed by atoms with van der Waals surface area (Å²) in [6.07, 6.45) is 1.98. The molecule has 2 saturated carbocycles. The molecule has 11 heteroatoms. The number of Topliss-reactive ketones (excluding diaryl/α,β-unsaturated/α-hetero) is 1. The highest BCUT2D eigenvalue weighted by atomic mass is 32.2. The van der Waals surface area contributed by atoms with E-state index in [1.165, 1.54) is 0 Å². The molecule has 1 aromatic heterocycles. The molecular formula is C37H43N3O7S. The van der Waals surface area contributed by atoms with Crippen LogP contribution in [0.4, 0.5) is 0 Å². The van der Waals surface area contributed by atoms with E-state index in [1.807, 2.05) is 74.5 Å². The standard InChI is InChI=1S/C37H43N3O7S/c1-5-27-20-37(27,36(43)39-48(44,45)29-16-17-29)21-33(41)32-19-28(22-40(32)35(42)23(3)24(4)46-6-2)47-34-30-15-11-10-14-26(30)18-31(38-34)25-12-8-7-9-13-25/h5,7-15,18,23-24,27-29,32H,1,6,16-17,19-22H2,2-4H3,(H,39,43)/t23-,24-,27+,28?,32-,37+/m0/s1. The third-order valence-electron chi connectivity index (χ3n) is 10.1. The van der Waals surface area contributed by atoms with E-state index < -0.39 is 44.7 Å². The fourth-order valence-electron chi connectivity index (χ4n) is 6.78. The van der Waals surface area contributed by atoms with Crippen molar-refractivity contribution in [3.63, 3.8) is 0 Å². The van der Waals surface area contributed by atoms with Crippen LogP contribution in [0.2, 0.25) is 0 Å². The zero-order valence-electron chi connectivity index (χ0n) is 27.6. The number of ether oxygens (including phenoxy) is 2. The summed E-state index contributed by atoms with van der Waals surface area (Å²) in [5.74, 6) is -1.72. The first-order chi connectivity index (χ1) is 23.0. The maximum atomic E-state index is 14.2. The summed E-state index contributed by atoms with van der Waals surface area (Å²) >= 11 is 0. The highest BCUT2D eigenvalue weighted by Crippen LogP contribution is 2.57. The number of benzene rings is 2. The third kappa shape index (κ3) is 6.75. The van der Waals surface area contributed by atoms with Crippen molar-refractivity contribution < 1.29 is 32.3 Å². The quantitative estimate of drug-likeness (QED) is 0.235.